The minimum absolute atomic E-state index is 0.345. The fraction of sp³-hybridized carbons (Fsp3) is 0.235. The van der Waals surface area contributed by atoms with Crippen LogP contribution in [0.2, 0.25) is 0 Å². The van der Waals surface area contributed by atoms with Gasteiger partial charge in [0, 0.05) is 36.9 Å². The van der Waals surface area contributed by atoms with Gasteiger partial charge in [0.2, 0.25) is 0 Å². The fourth-order valence-corrected chi connectivity index (χ4v) is 2.79. The minimum Gasteiger partial charge on any atom is -0.465 e. The van der Waals surface area contributed by atoms with Crippen molar-refractivity contribution in [2.24, 2.45) is 7.05 Å². The Bertz CT molecular complexity index is 932. The molecule has 0 fully saturated rings. The van der Waals surface area contributed by atoms with Gasteiger partial charge in [-0.15, -0.1) is 0 Å². The number of amides is 1. The van der Waals surface area contributed by atoms with Crippen molar-refractivity contribution in [3.05, 3.63) is 53.7 Å². The van der Waals surface area contributed by atoms with Crippen LogP contribution in [0.25, 0.3) is 10.9 Å². The van der Waals surface area contributed by atoms with Crippen molar-refractivity contribution < 1.29 is 9.90 Å². The first kappa shape index (κ1) is 15.6. The second-order valence-corrected chi connectivity index (χ2v) is 5.64. The number of hydrogen-bond acceptors (Lipinski definition) is 3. The first-order valence-corrected chi connectivity index (χ1v) is 7.52. The van der Waals surface area contributed by atoms with E-state index >= 15 is 0 Å². The summed E-state index contributed by atoms with van der Waals surface area (Å²) in [5, 5.41) is 21.3. The maximum atomic E-state index is 10.6. The highest BCUT2D eigenvalue weighted by molar-refractivity contribution is 5.85. The summed E-state index contributed by atoms with van der Waals surface area (Å²) in [7, 11) is 1.92. The van der Waals surface area contributed by atoms with Gasteiger partial charge < -0.3 is 19.6 Å². The molecule has 0 unspecified atom stereocenters. The predicted octanol–water partition coefficient (Wildman–Crippen LogP) is 2.10. The van der Waals surface area contributed by atoms with Crippen LogP contribution >= 0.6 is 0 Å². The van der Waals surface area contributed by atoms with Crippen molar-refractivity contribution in [2.75, 3.05) is 6.54 Å². The van der Waals surface area contributed by atoms with Gasteiger partial charge in [0.05, 0.1) is 30.2 Å². The highest BCUT2D eigenvalue weighted by Gasteiger charge is 2.11. The van der Waals surface area contributed by atoms with Crippen LogP contribution in [0.3, 0.4) is 0 Å². The summed E-state index contributed by atoms with van der Waals surface area (Å²) in [6, 6.07) is 7.71. The van der Waals surface area contributed by atoms with Crippen molar-refractivity contribution in [2.45, 2.75) is 13.0 Å². The molecule has 122 valence electrons. The standard InChI is InChI=1S/C17H17N5O2/c1-21-9-14(20-11-21)10-22-8-13(4-5-19-17(23)24)15-3-2-12(7-18)6-16(15)22/h2-3,6,8-9,11,19H,4-5,10H2,1H3,(H,23,24). The van der Waals surface area contributed by atoms with Crippen LogP contribution in [0.5, 0.6) is 0 Å². The molecule has 0 aliphatic rings. The molecule has 24 heavy (non-hydrogen) atoms. The zero-order valence-electron chi connectivity index (χ0n) is 13.2. The van der Waals surface area contributed by atoms with E-state index in [4.69, 9.17) is 10.4 Å². The lowest BCUT2D eigenvalue weighted by atomic mass is 10.1. The Hall–Kier alpha value is -3.27. The van der Waals surface area contributed by atoms with E-state index in [1.165, 1.54) is 0 Å². The van der Waals surface area contributed by atoms with Gasteiger partial charge in [0.25, 0.3) is 0 Å². The van der Waals surface area contributed by atoms with Crippen LogP contribution < -0.4 is 5.32 Å². The van der Waals surface area contributed by atoms with Crippen molar-refractivity contribution in [3.63, 3.8) is 0 Å². The molecule has 0 saturated heterocycles. The summed E-state index contributed by atoms with van der Waals surface area (Å²) in [5.41, 5.74) is 3.51. The van der Waals surface area contributed by atoms with E-state index in [1.54, 1.807) is 12.4 Å². The Morgan fingerprint density at radius 1 is 1.42 bits per heavy atom. The summed E-state index contributed by atoms with van der Waals surface area (Å²) in [4.78, 5) is 15.0. The van der Waals surface area contributed by atoms with E-state index < -0.39 is 6.09 Å². The smallest absolute Gasteiger partial charge is 0.404 e. The highest BCUT2D eigenvalue weighted by atomic mass is 16.4. The van der Waals surface area contributed by atoms with E-state index in [2.05, 4.69) is 20.9 Å². The number of hydrogen-bond donors (Lipinski definition) is 2. The van der Waals surface area contributed by atoms with Gasteiger partial charge in [-0.2, -0.15) is 5.26 Å². The van der Waals surface area contributed by atoms with Crippen LogP contribution in [-0.4, -0.2) is 31.9 Å². The van der Waals surface area contributed by atoms with E-state index in [0.29, 0.717) is 25.1 Å². The topological polar surface area (TPSA) is 95.9 Å². The largest absolute Gasteiger partial charge is 0.465 e. The first-order valence-electron chi connectivity index (χ1n) is 7.52. The summed E-state index contributed by atoms with van der Waals surface area (Å²) >= 11 is 0. The van der Waals surface area contributed by atoms with Crippen LogP contribution in [0, 0.1) is 11.3 Å². The van der Waals surface area contributed by atoms with Gasteiger partial charge in [-0.1, -0.05) is 6.07 Å². The number of aryl methyl sites for hydroxylation is 1. The molecule has 1 amide bonds. The third-order valence-electron chi connectivity index (χ3n) is 3.86. The molecule has 2 N–H and O–H groups in total. The Balaban J connectivity index is 1.96. The second-order valence-electron chi connectivity index (χ2n) is 5.64. The first-order chi connectivity index (χ1) is 11.6. The number of fused-ring (bicyclic) bond motifs is 1. The number of nitriles is 1. The van der Waals surface area contributed by atoms with Gasteiger partial charge >= 0.3 is 6.09 Å². The van der Waals surface area contributed by atoms with Gasteiger partial charge in [0.15, 0.2) is 0 Å². The Morgan fingerprint density at radius 3 is 2.92 bits per heavy atom. The van der Waals surface area contributed by atoms with E-state index in [1.807, 2.05) is 36.1 Å². The highest BCUT2D eigenvalue weighted by Crippen LogP contribution is 2.24. The number of benzene rings is 1. The van der Waals surface area contributed by atoms with E-state index in [9.17, 15) is 4.79 Å². The van der Waals surface area contributed by atoms with Crippen molar-refractivity contribution in [3.8, 4) is 6.07 Å². The average Bonchev–Trinajstić information content (AvgIpc) is 3.11. The normalized spacial score (nSPS) is 10.7. The van der Waals surface area contributed by atoms with Crippen molar-refractivity contribution in [1.29, 1.82) is 5.26 Å². The predicted molar refractivity (Wildman–Crippen MR) is 88.7 cm³/mol. The Labute approximate surface area is 138 Å². The molecular formula is C17H17N5O2. The maximum Gasteiger partial charge on any atom is 0.404 e. The molecule has 7 heteroatoms. The number of aromatic nitrogens is 3. The van der Waals surface area contributed by atoms with Gasteiger partial charge in [-0.3, -0.25) is 0 Å². The number of carbonyl (C=O) groups is 1. The summed E-state index contributed by atoms with van der Waals surface area (Å²) in [5.74, 6) is 0. The molecule has 7 nitrogen and oxygen atoms in total. The minimum atomic E-state index is -1.03. The SMILES string of the molecule is Cn1cnc(Cn2cc(CCNC(=O)O)c3ccc(C#N)cc32)c1. The fourth-order valence-electron chi connectivity index (χ4n) is 2.79. The molecule has 3 rings (SSSR count). The lowest BCUT2D eigenvalue weighted by Crippen LogP contribution is -2.23. The molecule has 0 saturated carbocycles. The lowest BCUT2D eigenvalue weighted by molar-refractivity contribution is 0.194. The Kier molecular flexibility index (Phi) is 4.20. The molecule has 0 spiro atoms. The quantitative estimate of drug-likeness (QED) is 0.751. The van der Waals surface area contributed by atoms with Gasteiger partial charge in [-0.25, -0.2) is 9.78 Å². The molecule has 0 bridgehead atoms. The molecule has 2 heterocycles. The summed E-state index contributed by atoms with van der Waals surface area (Å²) < 4.78 is 3.94. The van der Waals surface area contributed by atoms with Gasteiger partial charge in [-0.05, 0) is 24.1 Å². The molecule has 1 aromatic carbocycles. The third kappa shape index (κ3) is 3.22. The molecular weight excluding hydrogens is 306 g/mol. The number of imidazole rings is 1. The monoisotopic (exact) mass is 323 g/mol. The number of rotatable bonds is 5. The van der Waals surface area contributed by atoms with Crippen molar-refractivity contribution >= 4 is 17.0 Å². The lowest BCUT2D eigenvalue weighted by Gasteiger charge is -2.03. The molecule has 3 aromatic rings. The zero-order chi connectivity index (χ0) is 17.1. The van der Waals surface area contributed by atoms with Crippen molar-refractivity contribution in [1.82, 2.24) is 19.4 Å². The number of nitrogens with one attached hydrogen (secondary N) is 1. The summed E-state index contributed by atoms with van der Waals surface area (Å²) in [6.07, 6.45) is 5.26. The number of nitrogens with zero attached hydrogens (tertiary/aromatic N) is 4. The van der Waals surface area contributed by atoms with Crippen LogP contribution in [0.15, 0.2) is 36.9 Å². The maximum absolute atomic E-state index is 10.6. The average molecular weight is 323 g/mol. The third-order valence-corrected chi connectivity index (χ3v) is 3.86. The molecule has 0 radical (unpaired) electrons. The van der Waals surface area contributed by atoms with E-state index in [-0.39, 0.29) is 0 Å². The van der Waals surface area contributed by atoms with Gasteiger partial charge in [0.1, 0.15) is 0 Å². The van der Waals surface area contributed by atoms with Crippen LogP contribution in [0.4, 0.5) is 4.79 Å². The number of carboxylic acid groups (broad SMARTS) is 1. The van der Waals surface area contributed by atoms with E-state index in [0.717, 1.165) is 22.2 Å². The zero-order valence-corrected chi connectivity index (χ0v) is 13.2. The molecule has 2 aromatic heterocycles. The van der Waals surface area contributed by atoms with Crippen LogP contribution in [-0.2, 0) is 20.0 Å². The Morgan fingerprint density at radius 2 is 2.25 bits per heavy atom. The van der Waals surface area contributed by atoms with Crippen LogP contribution in [0.1, 0.15) is 16.8 Å². The molecule has 0 aliphatic carbocycles. The summed E-state index contributed by atoms with van der Waals surface area (Å²) in [6.45, 7) is 0.941. The molecule has 0 atom stereocenters. The second kappa shape index (κ2) is 6.46. The molecule has 0 aliphatic heterocycles.